The van der Waals surface area contributed by atoms with Crippen LogP contribution in [0.25, 0.3) is 0 Å². The lowest BCUT2D eigenvalue weighted by molar-refractivity contribution is -0.159. The summed E-state index contributed by atoms with van der Waals surface area (Å²) in [5, 5.41) is 3.74. The van der Waals surface area contributed by atoms with Crippen LogP contribution in [0.5, 0.6) is 0 Å². The van der Waals surface area contributed by atoms with E-state index >= 15 is 0 Å². The van der Waals surface area contributed by atoms with E-state index < -0.39 is 5.54 Å². The lowest BCUT2D eigenvalue weighted by Crippen LogP contribution is -2.77. The first-order valence-electron chi connectivity index (χ1n) is 8.38. The molecular weight excluding hydrogens is 290 g/mol. The van der Waals surface area contributed by atoms with E-state index in [0.717, 1.165) is 25.2 Å². The highest BCUT2D eigenvalue weighted by Gasteiger charge is 2.62. The number of nitrogens with one attached hydrogen (secondary N) is 1. The molecule has 2 heterocycles. The van der Waals surface area contributed by atoms with Crippen molar-refractivity contribution in [1.82, 2.24) is 25.2 Å². The summed E-state index contributed by atoms with van der Waals surface area (Å²) >= 11 is 0. The van der Waals surface area contributed by atoms with Crippen LogP contribution in [0.2, 0.25) is 0 Å². The Hall–Kier alpha value is -1.11. The minimum absolute atomic E-state index is 0.0224. The molecule has 0 aliphatic carbocycles. The molecule has 2 atom stereocenters. The molecule has 2 rings (SSSR count). The number of aromatic nitrogens is 3. The molecule has 0 saturated carbocycles. The van der Waals surface area contributed by atoms with Gasteiger partial charge in [0.2, 0.25) is 0 Å². The van der Waals surface area contributed by atoms with Gasteiger partial charge in [0.05, 0.1) is 6.10 Å². The second-order valence-corrected chi connectivity index (χ2v) is 7.56. The predicted molar refractivity (Wildman–Crippen MR) is 91.1 cm³/mol. The molecule has 6 heteroatoms. The number of hydrogen-bond acceptors (Lipinski definition) is 6. The molecule has 0 aromatic carbocycles. The van der Waals surface area contributed by atoms with E-state index in [1.54, 1.807) is 19.8 Å². The third-order valence-corrected chi connectivity index (χ3v) is 5.66. The monoisotopic (exact) mass is 321 g/mol. The predicted octanol–water partition coefficient (Wildman–Crippen LogP) is 1.97. The van der Waals surface area contributed by atoms with Gasteiger partial charge in [-0.1, -0.05) is 6.92 Å². The minimum Gasteiger partial charge on any atom is -0.379 e. The van der Waals surface area contributed by atoms with Crippen molar-refractivity contribution in [2.24, 2.45) is 0 Å². The Morgan fingerprint density at radius 3 is 2.39 bits per heavy atom. The van der Waals surface area contributed by atoms with Crippen LogP contribution in [0, 0.1) is 0 Å². The molecule has 6 nitrogen and oxygen atoms in total. The Morgan fingerprint density at radius 2 is 1.87 bits per heavy atom. The van der Waals surface area contributed by atoms with Crippen molar-refractivity contribution >= 4 is 0 Å². The second kappa shape index (κ2) is 6.42. The molecule has 1 aromatic rings. The number of likely N-dealkylation sites (N-methyl/N-ethyl adjacent to an activating group) is 1. The van der Waals surface area contributed by atoms with E-state index in [4.69, 9.17) is 4.74 Å². The molecule has 1 aromatic heterocycles. The van der Waals surface area contributed by atoms with Crippen LogP contribution in [0.4, 0.5) is 0 Å². The van der Waals surface area contributed by atoms with Gasteiger partial charge in [0.25, 0.3) is 0 Å². The summed E-state index contributed by atoms with van der Waals surface area (Å²) in [7, 11) is 3.96. The van der Waals surface area contributed by atoms with Crippen LogP contribution in [0.1, 0.15) is 53.3 Å². The number of piperidine rings is 1. The largest absolute Gasteiger partial charge is 0.379 e. The van der Waals surface area contributed by atoms with Crippen LogP contribution in [0.3, 0.4) is 0 Å². The summed E-state index contributed by atoms with van der Waals surface area (Å²) in [6.45, 7) is 12.1. The van der Waals surface area contributed by atoms with Crippen molar-refractivity contribution in [3.8, 4) is 0 Å². The van der Waals surface area contributed by atoms with E-state index in [0.29, 0.717) is 0 Å². The first-order valence-corrected chi connectivity index (χ1v) is 8.38. The Balaban J connectivity index is 2.65. The number of nitrogens with zero attached hydrogens (tertiary/aromatic N) is 4. The maximum atomic E-state index is 5.99. The van der Waals surface area contributed by atoms with Gasteiger partial charge in [-0.05, 0) is 54.1 Å². The number of likely N-dealkylation sites (tertiary alicyclic amines) is 1. The third-order valence-electron chi connectivity index (χ3n) is 5.66. The number of methoxy groups -OCH3 is 1. The molecule has 1 aliphatic heterocycles. The highest BCUT2D eigenvalue weighted by molar-refractivity contribution is 5.24. The van der Waals surface area contributed by atoms with Gasteiger partial charge in [-0.3, -0.25) is 4.90 Å². The van der Waals surface area contributed by atoms with E-state index in [2.05, 4.69) is 66.8 Å². The van der Waals surface area contributed by atoms with Crippen molar-refractivity contribution in [2.75, 3.05) is 20.7 Å². The van der Waals surface area contributed by atoms with Crippen LogP contribution in [-0.2, 0) is 10.3 Å². The Labute approximate surface area is 140 Å². The van der Waals surface area contributed by atoms with Crippen molar-refractivity contribution in [2.45, 2.75) is 70.2 Å². The molecule has 0 amide bonds. The summed E-state index contributed by atoms with van der Waals surface area (Å²) in [5.41, 5.74) is -0.717. The van der Waals surface area contributed by atoms with Gasteiger partial charge >= 0.3 is 0 Å². The van der Waals surface area contributed by atoms with Gasteiger partial charge in [-0.25, -0.2) is 15.0 Å². The molecule has 23 heavy (non-hydrogen) atoms. The zero-order valence-corrected chi connectivity index (χ0v) is 15.6. The van der Waals surface area contributed by atoms with E-state index in [1.165, 1.54) is 0 Å². The van der Waals surface area contributed by atoms with Gasteiger partial charge in [0, 0.05) is 18.2 Å². The average Bonchev–Trinajstić information content (AvgIpc) is 2.53. The molecule has 1 saturated heterocycles. The molecular formula is C17H31N5O. The fourth-order valence-corrected chi connectivity index (χ4v) is 4.01. The summed E-state index contributed by atoms with van der Waals surface area (Å²) in [5.74, 6) is 0.750. The first-order chi connectivity index (χ1) is 10.7. The third kappa shape index (κ3) is 2.77. The average molecular weight is 321 g/mol. The Kier molecular flexibility index (Phi) is 5.09. The highest BCUT2D eigenvalue weighted by atomic mass is 16.5. The number of rotatable bonds is 5. The zero-order valence-electron chi connectivity index (χ0n) is 15.6. The standard InChI is InChI=1S/C17H31N5O/c1-8-9-21-17(14-19-11-18-12-20-14)13(23-7)10-15(2,3)22(6)16(17,4)5/h11-13,21H,8-10H2,1-7H3. The van der Waals surface area contributed by atoms with Crippen LogP contribution in [0.15, 0.2) is 12.7 Å². The van der Waals surface area contributed by atoms with E-state index in [-0.39, 0.29) is 17.2 Å². The fraction of sp³-hybridized carbons (Fsp3) is 0.824. The maximum absolute atomic E-state index is 5.99. The van der Waals surface area contributed by atoms with Gasteiger partial charge in [0.1, 0.15) is 18.2 Å². The van der Waals surface area contributed by atoms with Crippen LogP contribution < -0.4 is 5.32 Å². The molecule has 0 radical (unpaired) electrons. The van der Waals surface area contributed by atoms with Crippen molar-refractivity contribution in [3.63, 3.8) is 0 Å². The number of hydrogen-bond donors (Lipinski definition) is 1. The fourth-order valence-electron chi connectivity index (χ4n) is 4.01. The smallest absolute Gasteiger partial charge is 0.156 e. The minimum atomic E-state index is -0.495. The quantitative estimate of drug-likeness (QED) is 0.894. The number of ether oxygens (including phenoxy) is 1. The lowest BCUT2D eigenvalue weighted by Gasteiger charge is -2.63. The molecule has 1 fully saturated rings. The van der Waals surface area contributed by atoms with Gasteiger partial charge in [0.15, 0.2) is 5.82 Å². The summed E-state index contributed by atoms with van der Waals surface area (Å²) in [6.07, 6.45) is 5.04. The van der Waals surface area contributed by atoms with Crippen LogP contribution in [-0.4, -0.2) is 57.7 Å². The molecule has 130 valence electrons. The van der Waals surface area contributed by atoms with Crippen molar-refractivity contribution in [3.05, 3.63) is 18.5 Å². The summed E-state index contributed by atoms with van der Waals surface area (Å²) in [6, 6.07) is 0. The molecule has 0 spiro atoms. The molecule has 1 N–H and O–H groups in total. The topological polar surface area (TPSA) is 63.2 Å². The summed E-state index contributed by atoms with van der Waals surface area (Å²) in [4.78, 5) is 15.4. The Bertz CT molecular complexity index is 519. The van der Waals surface area contributed by atoms with E-state index in [1.807, 2.05) is 0 Å². The molecule has 1 aliphatic rings. The SMILES string of the molecule is CCCNC1(c2ncncn2)C(OC)CC(C)(C)N(C)C1(C)C. The highest BCUT2D eigenvalue weighted by Crippen LogP contribution is 2.49. The van der Waals surface area contributed by atoms with Gasteiger partial charge < -0.3 is 10.1 Å². The second-order valence-electron chi connectivity index (χ2n) is 7.56. The Morgan fingerprint density at radius 1 is 1.26 bits per heavy atom. The molecule has 0 bridgehead atoms. The normalized spacial score (nSPS) is 30.3. The van der Waals surface area contributed by atoms with Crippen LogP contribution >= 0.6 is 0 Å². The lowest BCUT2D eigenvalue weighted by atomic mass is 9.64. The maximum Gasteiger partial charge on any atom is 0.156 e. The van der Waals surface area contributed by atoms with Gasteiger partial charge in [-0.2, -0.15) is 0 Å². The zero-order chi connectivity index (χ0) is 17.3. The summed E-state index contributed by atoms with van der Waals surface area (Å²) < 4.78 is 5.99. The van der Waals surface area contributed by atoms with E-state index in [9.17, 15) is 0 Å². The van der Waals surface area contributed by atoms with Gasteiger partial charge in [-0.15, -0.1) is 0 Å². The first kappa shape index (κ1) is 18.2. The van der Waals surface area contributed by atoms with Crippen molar-refractivity contribution in [1.29, 1.82) is 0 Å². The van der Waals surface area contributed by atoms with Crippen molar-refractivity contribution < 1.29 is 4.74 Å². The molecule has 2 unspecified atom stereocenters.